The molecule has 7 nitrogen and oxygen atoms in total. The van der Waals surface area contributed by atoms with Gasteiger partial charge in [0, 0.05) is 19.4 Å². The summed E-state index contributed by atoms with van der Waals surface area (Å²) in [6.07, 6.45) is 1.45. The second kappa shape index (κ2) is 9.17. The van der Waals surface area contributed by atoms with Crippen LogP contribution in [0, 0.1) is 5.92 Å². The third-order valence-electron chi connectivity index (χ3n) is 4.22. The summed E-state index contributed by atoms with van der Waals surface area (Å²) in [5, 5.41) is 14.8. The Morgan fingerprint density at radius 1 is 1.24 bits per heavy atom. The van der Waals surface area contributed by atoms with Crippen LogP contribution in [0.25, 0.3) is 0 Å². The van der Waals surface area contributed by atoms with Crippen molar-refractivity contribution in [1.82, 2.24) is 10.6 Å². The Hall–Kier alpha value is -2.41. The van der Waals surface area contributed by atoms with Crippen molar-refractivity contribution in [2.75, 3.05) is 13.2 Å². The Kier molecular flexibility index (Phi) is 6.94. The SMILES string of the molecule is CC(=O)NC(CC(=O)NC(C(=O)O)C1CCCOC1)c1ccccc1. The summed E-state index contributed by atoms with van der Waals surface area (Å²) in [6, 6.07) is 7.63. The molecule has 25 heavy (non-hydrogen) atoms. The van der Waals surface area contributed by atoms with Crippen molar-refractivity contribution >= 4 is 17.8 Å². The van der Waals surface area contributed by atoms with E-state index in [1.165, 1.54) is 6.92 Å². The molecule has 0 saturated carbocycles. The molecule has 1 aromatic carbocycles. The van der Waals surface area contributed by atoms with Crippen LogP contribution in [0.3, 0.4) is 0 Å². The summed E-state index contributed by atoms with van der Waals surface area (Å²) < 4.78 is 5.33. The van der Waals surface area contributed by atoms with E-state index in [4.69, 9.17) is 4.74 Å². The van der Waals surface area contributed by atoms with Crippen molar-refractivity contribution in [2.24, 2.45) is 5.92 Å². The van der Waals surface area contributed by atoms with Gasteiger partial charge in [0.25, 0.3) is 0 Å². The molecule has 1 fully saturated rings. The number of carbonyl (C=O) groups is 3. The van der Waals surface area contributed by atoms with Crippen molar-refractivity contribution in [3.63, 3.8) is 0 Å². The van der Waals surface area contributed by atoms with Gasteiger partial charge in [0.2, 0.25) is 11.8 Å². The molecular formula is C18H24N2O5. The second-order valence-corrected chi connectivity index (χ2v) is 6.23. The van der Waals surface area contributed by atoms with Gasteiger partial charge >= 0.3 is 5.97 Å². The number of amides is 2. The van der Waals surface area contributed by atoms with Crippen molar-refractivity contribution in [2.45, 2.75) is 38.3 Å². The molecular weight excluding hydrogens is 324 g/mol. The molecule has 7 heteroatoms. The molecule has 2 amide bonds. The number of carboxylic acid groups (broad SMARTS) is 1. The van der Waals surface area contributed by atoms with E-state index in [9.17, 15) is 19.5 Å². The largest absolute Gasteiger partial charge is 0.480 e. The van der Waals surface area contributed by atoms with E-state index in [0.717, 1.165) is 12.0 Å². The van der Waals surface area contributed by atoms with Crippen LogP contribution in [0.1, 0.15) is 37.8 Å². The van der Waals surface area contributed by atoms with Gasteiger partial charge in [-0.3, -0.25) is 9.59 Å². The fourth-order valence-electron chi connectivity index (χ4n) is 3.01. The van der Waals surface area contributed by atoms with Gasteiger partial charge in [0.05, 0.1) is 19.1 Å². The third-order valence-corrected chi connectivity index (χ3v) is 4.22. The van der Waals surface area contributed by atoms with Gasteiger partial charge in [-0.25, -0.2) is 4.79 Å². The number of rotatable bonds is 7. The monoisotopic (exact) mass is 348 g/mol. The zero-order valence-electron chi connectivity index (χ0n) is 14.2. The third kappa shape index (κ3) is 5.86. The zero-order valence-corrected chi connectivity index (χ0v) is 14.2. The summed E-state index contributed by atoms with van der Waals surface area (Å²) >= 11 is 0. The minimum atomic E-state index is -1.07. The fraction of sp³-hybridized carbons (Fsp3) is 0.500. The smallest absolute Gasteiger partial charge is 0.326 e. The topological polar surface area (TPSA) is 105 Å². The van der Waals surface area contributed by atoms with E-state index in [0.29, 0.717) is 19.6 Å². The number of benzene rings is 1. The molecule has 0 aliphatic carbocycles. The lowest BCUT2D eigenvalue weighted by Crippen LogP contribution is -2.49. The number of carbonyl (C=O) groups excluding carboxylic acids is 2. The van der Waals surface area contributed by atoms with E-state index < -0.39 is 24.0 Å². The van der Waals surface area contributed by atoms with E-state index in [-0.39, 0.29) is 18.2 Å². The van der Waals surface area contributed by atoms with Crippen LogP contribution in [0.15, 0.2) is 30.3 Å². The zero-order chi connectivity index (χ0) is 18.2. The lowest BCUT2D eigenvalue weighted by Gasteiger charge is -2.28. The van der Waals surface area contributed by atoms with Crippen molar-refractivity contribution < 1.29 is 24.2 Å². The Morgan fingerprint density at radius 2 is 1.96 bits per heavy atom. The van der Waals surface area contributed by atoms with E-state index >= 15 is 0 Å². The maximum atomic E-state index is 12.4. The molecule has 0 spiro atoms. The summed E-state index contributed by atoms with van der Waals surface area (Å²) in [4.78, 5) is 35.4. The summed E-state index contributed by atoms with van der Waals surface area (Å²) in [7, 11) is 0. The average Bonchev–Trinajstić information content (AvgIpc) is 2.60. The highest BCUT2D eigenvalue weighted by atomic mass is 16.5. The lowest BCUT2D eigenvalue weighted by atomic mass is 9.93. The normalized spacial score (nSPS) is 19.5. The highest BCUT2D eigenvalue weighted by molar-refractivity contribution is 5.84. The molecule has 0 radical (unpaired) electrons. The van der Waals surface area contributed by atoms with E-state index in [1.54, 1.807) is 0 Å². The van der Waals surface area contributed by atoms with Crippen molar-refractivity contribution in [1.29, 1.82) is 0 Å². The van der Waals surface area contributed by atoms with Crippen LogP contribution in [0.4, 0.5) is 0 Å². The molecule has 3 unspecified atom stereocenters. The van der Waals surface area contributed by atoms with Gasteiger partial charge in [-0.15, -0.1) is 0 Å². The summed E-state index contributed by atoms with van der Waals surface area (Å²) in [5.74, 6) is -1.98. The highest BCUT2D eigenvalue weighted by Gasteiger charge is 2.32. The van der Waals surface area contributed by atoms with Crippen LogP contribution in [0.5, 0.6) is 0 Å². The number of aliphatic carboxylic acids is 1. The predicted octanol–water partition coefficient (Wildman–Crippen LogP) is 1.25. The molecule has 1 heterocycles. The molecule has 0 aromatic heterocycles. The Bertz CT molecular complexity index is 599. The quantitative estimate of drug-likeness (QED) is 0.688. The second-order valence-electron chi connectivity index (χ2n) is 6.23. The predicted molar refractivity (Wildman–Crippen MR) is 90.7 cm³/mol. The maximum absolute atomic E-state index is 12.4. The van der Waals surface area contributed by atoms with Gasteiger partial charge in [0.1, 0.15) is 6.04 Å². The molecule has 1 aromatic rings. The minimum Gasteiger partial charge on any atom is -0.480 e. The molecule has 0 bridgehead atoms. The van der Waals surface area contributed by atoms with Gasteiger partial charge in [-0.2, -0.15) is 0 Å². The summed E-state index contributed by atoms with van der Waals surface area (Å²) in [6.45, 7) is 2.33. The number of ether oxygens (including phenoxy) is 1. The average molecular weight is 348 g/mol. The lowest BCUT2D eigenvalue weighted by molar-refractivity contribution is -0.145. The Balaban J connectivity index is 2.03. The van der Waals surface area contributed by atoms with Gasteiger partial charge in [-0.1, -0.05) is 30.3 Å². The molecule has 1 aliphatic heterocycles. The van der Waals surface area contributed by atoms with Gasteiger partial charge in [0.15, 0.2) is 0 Å². The van der Waals surface area contributed by atoms with Crippen molar-refractivity contribution in [3.05, 3.63) is 35.9 Å². The van der Waals surface area contributed by atoms with Crippen LogP contribution in [-0.4, -0.2) is 42.1 Å². The van der Waals surface area contributed by atoms with E-state index in [1.807, 2.05) is 30.3 Å². The molecule has 2 rings (SSSR count). The molecule has 3 N–H and O–H groups in total. The van der Waals surface area contributed by atoms with Gasteiger partial charge < -0.3 is 20.5 Å². The number of nitrogens with one attached hydrogen (secondary N) is 2. The molecule has 136 valence electrons. The van der Waals surface area contributed by atoms with Crippen molar-refractivity contribution in [3.8, 4) is 0 Å². The molecule has 3 atom stereocenters. The minimum absolute atomic E-state index is 0.0268. The first-order valence-corrected chi connectivity index (χ1v) is 8.39. The number of hydrogen-bond acceptors (Lipinski definition) is 4. The Morgan fingerprint density at radius 3 is 2.52 bits per heavy atom. The van der Waals surface area contributed by atoms with Crippen LogP contribution in [-0.2, 0) is 19.1 Å². The number of carboxylic acids is 1. The summed E-state index contributed by atoms with van der Waals surface area (Å²) in [5.41, 5.74) is 0.792. The van der Waals surface area contributed by atoms with Crippen LogP contribution < -0.4 is 10.6 Å². The molecule has 1 aliphatic rings. The van der Waals surface area contributed by atoms with Gasteiger partial charge in [-0.05, 0) is 18.4 Å². The first-order valence-electron chi connectivity index (χ1n) is 8.39. The first-order chi connectivity index (χ1) is 12.0. The maximum Gasteiger partial charge on any atom is 0.326 e. The Labute approximate surface area is 146 Å². The van der Waals surface area contributed by atoms with Crippen LogP contribution >= 0.6 is 0 Å². The highest BCUT2D eigenvalue weighted by Crippen LogP contribution is 2.20. The standard InChI is InChI=1S/C18H24N2O5/c1-12(21)19-15(13-6-3-2-4-7-13)10-16(22)20-17(18(23)24)14-8-5-9-25-11-14/h2-4,6-7,14-15,17H,5,8-11H2,1H3,(H,19,21)(H,20,22)(H,23,24). The fourth-order valence-corrected chi connectivity index (χ4v) is 3.01. The number of hydrogen-bond donors (Lipinski definition) is 3. The van der Waals surface area contributed by atoms with E-state index in [2.05, 4.69) is 10.6 Å². The molecule has 1 saturated heterocycles. The first kappa shape index (κ1) is 18.9. The van der Waals surface area contributed by atoms with Crippen LogP contribution in [0.2, 0.25) is 0 Å².